The molecular weight excluding hydrogens is 231 g/mol. The summed E-state index contributed by atoms with van der Waals surface area (Å²) in [6, 6.07) is -0.105. The van der Waals surface area contributed by atoms with Crippen LogP contribution in [0.1, 0.15) is 38.5 Å². The molecule has 17 heavy (non-hydrogen) atoms. The van der Waals surface area contributed by atoms with E-state index in [0.29, 0.717) is 11.8 Å². The van der Waals surface area contributed by atoms with Gasteiger partial charge < -0.3 is 5.73 Å². The quantitative estimate of drug-likeness (QED) is 0.832. The normalized spacial score (nSPS) is 36.5. The molecule has 2 rings (SSSR count). The SMILES string of the molecule is NC1C2CCC(C2)C1C(=O)CCCC(F)(F)F. The number of alkyl halides is 3. The van der Waals surface area contributed by atoms with Crippen molar-refractivity contribution in [3.8, 4) is 0 Å². The van der Waals surface area contributed by atoms with Crippen LogP contribution in [0.4, 0.5) is 13.2 Å². The van der Waals surface area contributed by atoms with Gasteiger partial charge in [0, 0.05) is 24.8 Å². The van der Waals surface area contributed by atoms with E-state index in [-0.39, 0.29) is 30.6 Å². The first-order valence-electron chi connectivity index (χ1n) is 6.23. The van der Waals surface area contributed by atoms with E-state index in [0.717, 1.165) is 19.3 Å². The third kappa shape index (κ3) is 2.81. The maximum atomic E-state index is 12.0. The van der Waals surface area contributed by atoms with E-state index in [1.807, 2.05) is 0 Å². The first-order valence-corrected chi connectivity index (χ1v) is 6.23. The number of hydrogen-bond acceptors (Lipinski definition) is 2. The molecule has 4 unspecified atom stereocenters. The van der Waals surface area contributed by atoms with E-state index in [2.05, 4.69) is 0 Å². The smallest absolute Gasteiger partial charge is 0.327 e. The molecule has 0 aromatic carbocycles. The molecule has 0 spiro atoms. The Bertz CT molecular complexity index is 301. The number of ketones is 1. The van der Waals surface area contributed by atoms with Crippen molar-refractivity contribution in [2.24, 2.45) is 23.5 Å². The number of fused-ring (bicyclic) bond motifs is 2. The molecule has 0 aromatic rings. The number of hydrogen-bond donors (Lipinski definition) is 1. The molecule has 0 heterocycles. The number of halogens is 3. The van der Waals surface area contributed by atoms with Gasteiger partial charge in [0.15, 0.2) is 0 Å². The van der Waals surface area contributed by atoms with Crippen LogP contribution >= 0.6 is 0 Å². The Morgan fingerprint density at radius 1 is 1.24 bits per heavy atom. The van der Waals surface area contributed by atoms with Crippen LogP contribution in [0.25, 0.3) is 0 Å². The topological polar surface area (TPSA) is 43.1 Å². The van der Waals surface area contributed by atoms with E-state index >= 15 is 0 Å². The first-order chi connectivity index (χ1) is 7.88. The number of carbonyl (C=O) groups is 1. The van der Waals surface area contributed by atoms with Crippen molar-refractivity contribution >= 4 is 5.78 Å². The molecule has 98 valence electrons. The maximum Gasteiger partial charge on any atom is 0.389 e. The maximum absolute atomic E-state index is 12.0. The summed E-state index contributed by atoms with van der Waals surface area (Å²) in [5, 5.41) is 0. The second kappa shape index (κ2) is 4.59. The lowest BCUT2D eigenvalue weighted by molar-refractivity contribution is -0.138. The monoisotopic (exact) mass is 249 g/mol. The fourth-order valence-corrected chi connectivity index (χ4v) is 3.44. The summed E-state index contributed by atoms with van der Waals surface area (Å²) in [7, 11) is 0. The predicted molar refractivity (Wildman–Crippen MR) is 57.2 cm³/mol. The van der Waals surface area contributed by atoms with Crippen molar-refractivity contribution in [3.05, 3.63) is 0 Å². The van der Waals surface area contributed by atoms with Crippen LogP contribution in [0.3, 0.4) is 0 Å². The highest BCUT2D eigenvalue weighted by atomic mass is 19.4. The Morgan fingerprint density at radius 2 is 1.88 bits per heavy atom. The zero-order valence-electron chi connectivity index (χ0n) is 9.67. The van der Waals surface area contributed by atoms with Crippen molar-refractivity contribution in [1.29, 1.82) is 0 Å². The van der Waals surface area contributed by atoms with E-state index in [4.69, 9.17) is 5.73 Å². The van der Waals surface area contributed by atoms with Crippen molar-refractivity contribution in [2.75, 3.05) is 0 Å². The van der Waals surface area contributed by atoms with Crippen molar-refractivity contribution in [1.82, 2.24) is 0 Å². The van der Waals surface area contributed by atoms with Gasteiger partial charge in [-0.1, -0.05) is 0 Å². The van der Waals surface area contributed by atoms with Crippen LogP contribution in [0, 0.1) is 17.8 Å². The van der Waals surface area contributed by atoms with Crippen LogP contribution in [0.2, 0.25) is 0 Å². The van der Waals surface area contributed by atoms with Crippen LogP contribution in [0.15, 0.2) is 0 Å². The molecule has 2 fully saturated rings. The third-order valence-corrected chi connectivity index (χ3v) is 4.24. The van der Waals surface area contributed by atoms with Gasteiger partial charge in [-0.05, 0) is 37.5 Å². The fourth-order valence-electron chi connectivity index (χ4n) is 3.44. The standard InChI is InChI=1S/C12H18F3NO/c13-12(14,15)5-1-2-9(17)10-7-3-4-8(6-7)11(10)16/h7-8,10-11H,1-6,16H2. The largest absolute Gasteiger partial charge is 0.389 e. The van der Waals surface area contributed by atoms with Gasteiger partial charge >= 0.3 is 6.18 Å². The molecule has 2 bridgehead atoms. The number of carbonyl (C=O) groups excluding carboxylic acids is 1. The lowest BCUT2D eigenvalue weighted by Crippen LogP contribution is -2.40. The molecule has 0 aromatic heterocycles. The molecule has 5 heteroatoms. The molecule has 2 aliphatic rings. The lowest BCUT2D eigenvalue weighted by atomic mass is 9.81. The molecule has 0 aliphatic heterocycles. The highest BCUT2D eigenvalue weighted by Gasteiger charge is 2.48. The van der Waals surface area contributed by atoms with E-state index in [1.165, 1.54) is 0 Å². The van der Waals surface area contributed by atoms with Gasteiger partial charge in [0.05, 0.1) is 0 Å². The summed E-state index contributed by atoms with van der Waals surface area (Å²) >= 11 is 0. The van der Waals surface area contributed by atoms with Gasteiger partial charge in [0.1, 0.15) is 5.78 Å². The van der Waals surface area contributed by atoms with Gasteiger partial charge in [0.2, 0.25) is 0 Å². The summed E-state index contributed by atoms with van der Waals surface area (Å²) in [4.78, 5) is 11.9. The Morgan fingerprint density at radius 3 is 2.41 bits per heavy atom. The second-order valence-electron chi connectivity index (χ2n) is 5.37. The van der Waals surface area contributed by atoms with E-state index in [1.54, 1.807) is 0 Å². The Labute approximate surface area is 98.7 Å². The van der Waals surface area contributed by atoms with Gasteiger partial charge in [-0.25, -0.2) is 0 Å². The minimum atomic E-state index is -4.16. The van der Waals surface area contributed by atoms with Gasteiger partial charge in [-0.3, -0.25) is 4.79 Å². The molecule has 0 amide bonds. The second-order valence-corrected chi connectivity index (χ2v) is 5.37. The predicted octanol–water partition coefficient (Wildman–Crippen LogP) is 2.66. The average Bonchev–Trinajstić information content (AvgIpc) is 2.75. The van der Waals surface area contributed by atoms with E-state index in [9.17, 15) is 18.0 Å². The summed E-state index contributed by atoms with van der Waals surface area (Å²) < 4.78 is 35.9. The van der Waals surface area contributed by atoms with Gasteiger partial charge in [0.25, 0.3) is 0 Å². The summed E-state index contributed by atoms with van der Waals surface area (Å²) in [5.41, 5.74) is 5.98. The lowest BCUT2D eigenvalue weighted by Gasteiger charge is -2.26. The minimum absolute atomic E-state index is 0.0289. The van der Waals surface area contributed by atoms with Gasteiger partial charge in [-0.2, -0.15) is 13.2 Å². The van der Waals surface area contributed by atoms with Crippen molar-refractivity contribution < 1.29 is 18.0 Å². The van der Waals surface area contributed by atoms with Crippen LogP contribution in [0.5, 0.6) is 0 Å². The number of nitrogens with two attached hydrogens (primary N) is 1. The zero-order chi connectivity index (χ0) is 12.6. The molecule has 2 saturated carbocycles. The fraction of sp³-hybridized carbons (Fsp3) is 0.917. The molecular formula is C12H18F3NO. The third-order valence-electron chi connectivity index (χ3n) is 4.24. The summed E-state index contributed by atoms with van der Waals surface area (Å²) in [6.45, 7) is 0. The average molecular weight is 249 g/mol. The Hall–Kier alpha value is -0.580. The summed E-state index contributed by atoms with van der Waals surface area (Å²) in [5.74, 6) is 0.556. The van der Waals surface area contributed by atoms with Crippen LogP contribution in [-0.2, 0) is 4.79 Å². The van der Waals surface area contributed by atoms with Crippen molar-refractivity contribution in [2.45, 2.75) is 50.7 Å². The number of Topliss-reactive ketones (excluding diaryl/α,β-unsaturated/α-hetero) is 1. The Kier molecular flexibility index (Phi) is 3.48. The molecule has 2 N–H and O–H groups in total. The van der Waals surface area contributed by atoms with E-state index < -0.39 is 12.6 Å². The summed E-state index contributed by atoms with van der Waals surface area (Å²) in [6.07, 6.45) is -1.99. The van der Waals surface area contributed by atoms with Crippen LogP contribution in [-0.4, -0.2) is 18.0 Å². The van der Waals surface area contributed by atoms with Crippen LogP contribution < -0.4 is 5.73 Å². The first kappa shape index (κ1) is 12.9. The highest BCUT2D eigenvalue weighted by molar-refractivity contribution is 5.82. The van der Waals surface area contributed by atoms with Gasteiger partial charge in [-0.15, -0.1) is 0 Å². The van der Waals surface area contributed by atoms with Crippen molar-refractivity contribution in [3.63, 3.8) is 0 Å². The highest BCUT2D eigenvalue weighted by Crippen LogP contribution is 2.48. The molecule has 0 radical (unpaired) electrons. The minimum Gasteiger partial charge on any atom is -0.327 e. The molecule has 2 nitrogen and oxygen atoms in total. The molecule has 4 atom stereocenters. The number of rotatable bonds is 4. The zero-order valence-corrected chi connectivity index (χ0v) is 9.67. The molecule has 2 aliphatic carbocycles. The Balaban J connectivity index is 1.81. The molecule has 0 saturated heterocycles.